The van der Waals surface area contributed by atoms with Gasteiger partial charge in [-0.15, -0.1) is 0 Å². The first kappa shape index (κ1) is 14.9. The molecule has 0 aliphatic heterocycles. The zero-order chi connectivity index (χ0) is 16.5. The minimum atomic E-state index is 0.618. The summed E-state index contributed by atoms with van der Waals surface area (Å²) in [6.45, 7) is 2.07. The van der Waals surface area contributed by atoms with Crippen LogP contribution in [0.5, 0.6) is 0 Å². The van der Waals surface area contributed by atoms with Gasteiger partial charge in [0.2, 0.25) is 0 Å². The maximum Gasteiger partial charge on any atom is 0.108 e. The number of rotatable bonds is 2. The van der Waals surface area contributed by atoms with E-state index in [4.69, 9.17) is 21.6 Å². The normalized spacial score (nSPS) is 10.9. The Balaban J connectivity index is 2.05. The van der Waals surface area contributed by atoms with Gasteiger partial charge in [-0.3, -0.25) is 0 Å². The highest BCUT2D eigenvalue weighted by atomic mass is 35.5. The molecule has 0 aliphatic carbocycles. The Morgan fingerprint density at radius 2 is 1.33 bits per heavy atom. The van der Waals surface area contributed by atoms with Crippen molar-refractivity contribution in [3.63, 3.8) is 0 Å². The molecule has 2 nitrogen and oxygen atoms in total. The van der Waals surface area contributed by atoms with Gasteiger partial charge in [0.05, 0.1) is 21.9 Å². The summed E-state index contributed by atoms with van der Waals surface area (Å²) < 4.78 is 0. The van der Waals surface area contributed by atoms with Crippen molar-refractivity contribution < 1.29 is 0 Å². The monoisotopic (exact) mass is 330 g/mol. The summed E-state index contributed by atoms with van der Waals surface area (Å²) >= 11 is 6.34. The van der Waals surface area contributed by atoms with Gasteiger partial charge in [-0.1, -0.05) is 77.8 Å². The highest BCUT2D eigenvalue weighted by Gasteiger charge is 2.14. The van der Waals surface area contributed by atoms with Crippen molar-refractivity contribution in [2.45, 2.75) is 6.92 Å². The molecule has 1 aromatic heterocycles. The highest BCUT2D eigenvalue weighted by molar-refractivity contribution is 6.34. The van der Waals surface area contributed by atoms with Crippen LogP contribution in [0.4, 0.5) is 0 Å². The third-order valence-corrected chi connectivity index (χ3v) is 4.32. The van der Waals surface area contributed by atoms with E-state index in [1.807, 2.05) is 36.4 Å². The molecule has 3 heteroatoms. The quantitative estimate of drug-likeness (QED) is 0.455. The van der Waals surface area contributed by atoms with E-state index in [9.17, 15) is 0 Å². The van der Waals surface area contributed by atoms with Crippen LogP contribution < -0.4 is 0 Å². The first-order chi connectivity index (χ1) is 11.7. The lowest BCUT2D eigenvalue weighted by Crippen LogP contribution is -1.96. The van der Waals surface area contributed by atoms with E-state index in [1.54, 1.807) is 0 Å². The third-order valence-electron chi connectivity index (χ3n) is 4.02. The maximum absolute atomic E-state index is 6.34. The van der Waals surface area contributed by atoms with Crippen LogP contribution in [-0.4, -0.2) is 9.97 Å². The molecule has 1 heterocycles. The number of nitrogens with zero attached hydrogens (tertiary/aromatic N) is 2. The van der Waals surface area contributed by atoms with E-state index in [-0.39, 0.29) is 0 Å². The van der Waals surface area contributed by atoms with Gasteiger partial charge in [-0.25, -0.2) is 9.97 Å². The van der Waals surface area contributed by atoms with Gasteiger partial charge in [0.15, 0.2) is 0 Å². The summed E-state index contributed by atoms with van der Waals surface area (Å²) in [6, 6.07) is 24.2. The van der Waals surface area contributed by atoms with Crippen LogP contribution in [0.3, 0.4) is 0 Å². The number of hydrogen-bond donors (Lipinski definition) is 0. The number of benzene rings is 3. The molecule has 0 atom stereocenters. The third kappa shape index (κ3) is 2.66. The summed E-state index contributed by atoms with van der Waals surface area (Å²) in [4.78, 5) is 9.71. The van der Waals surface area contributed by atoms with Gasteiger partial charge in [-0.2, -0.15) is 0 Å². The smallest absolute Gasteiger partial charge is 0.108 e. The van der Waals surface area contributed by atoms with E-state index in [0.29, 0.717) is 5.02 Å². The van der Waals surface area contributed by atoms with Crippen molar-refractivity contribution in [1.82, 2.24) is 9.97 Å². The molecule has 0 spiro atoms. The summed E-state index contributed by atoms with van der Waals surface area (Å²) in [5, 5.41) is 0.618. The Kier molecular flexibility index (Phi) is 3.75. The second-order valence-corrected chi connectivity index (χ2v) is 6.17. The molecule has 0 fully saturated rings. The number of fused-ring (bicyclic) bond motifs is 1. The Morgan fingerprint density at radius 1 is 0.667 bits per heavy atom. The lowest BCUT2D eigenvalue weighted by Gasteiger charge is -2.11. The van der Waals surface area contributed by atoms with Crippen molar-refractivity contribution in [1.29, 1.82) is 0 Å². The van der Waals surface area contributed by atoms with Crippen LogP contribution in [0.1, 0.15) is 5.56 Å². The fourth-order valence-corrected chi connectivity index (χ4v) is 2.96. The largest absolute Gasteiger partial charge is 0.244 e. The van der Waals surface area contributed by atoms with Crippen molar-refractivity contribution in [3.05, 3.63) is 83.4 Å². The van der Waals surface area contributed by atoms with Crippen molar-refractivity contribution in [2.75, 3.05) is 0 Å². The Hall–Kier alpha value is -2.71. The molecule has 0 aliphatic rings. The molecular weight excluding hydrogens is 316 g/mol. The van der Waals surface area contributed by atoms with Crippen LogP contribution in [0.15, 0.2) is 72.8 Å². The molecule has 3 aromatic carbocycles. The molecule has 4 rings (SSSR count). The van der Waals surface area contributed by atoms with E-state index < -0.39 is 0 Å². The number of aromatic nitrogens is 2. The van der Waals surface area contributed by atoms with Crippen LogP contribution in [0, 0.1) is 6.92 Å². The van der Waals surface area contributed by atoms with E-state index in [0.717, 1.165) is 33.5 Å². The average Bonchev–Trinajstić information content (AvgIpc) is 2.63. The molecule has 0 saturated carbocycles. The first-order valence-electron chi connectivity index (χ1n) is 7.81. The molecule has 0 saturated heterocycles. The molecule has 116 valence electrons. The molecule has 0 unspecified atom stereocenters. The van der Waals surface area contributed by atoms with Crippen molar-refractivity contribution >= 4 is 22.6 Å². The van der Waals surface area contributed by atoms with Gasteiger partial charge in [0.1, 0.15) is 5.52 Å². The maximum atomic E-state index is 6.34. The number of hydrogen-bond acceptors (Lipinski definition) is 2. The van der Waals surface area contributed by atoms with Crippen LogP contribution in [-0.2, 0) is 0 Å². The summed E-state index contributed by atoms with van der Waals surface area (Å²) in [5.74, 6) is 0. The predicted octanol–water partition coefficient (Wildman–Crippen LogP) is 5.93. The summed E-state index contributed by atoms with van der Waals surface area (Å²) in [6.07, 6.45) is 0. The van der Waals surface area contributed by atoms with Crippen molar-refractivity contribution in [3.8, 4) is 22.5 Å². The Labute approximate surface area is 145 Å². The van der Waals surface area contributed by atoms with Gasteiger partial charge < -0.3 is 0 Å². The molecule has 0 N–H and O–H groups in total. The predicted molar refractivity (Wildman–Crippen MR) is 100 cm³/mol. The second kappa shape index (κ2) is 6.06. The van der Waals surface area contributed by atoms with Gasteiger partial charge in [0.25, 0.3) is 0 Å². The first-order valence-corrected chi connectivity index (χ1v) is 8.19. The molecule has 4 aromatic rings. The topological polar surface area (TPSA) is 25.8 Å². The van der Waals surface area contributed by atoms with E-state index in [2.05, 4.69) is 43.3 Å². The van der Waals surface area contributed by atoms with Crippen LogP contribution in [0.2, 0.25) is 5.02 Å². The lowest BCUT2D eigenvalue weighted by molar-refractivity contribution is 1.29. The molecule has 24 heavy (non-hydrogen) atoms. The zero-order valence-corrected chi connectivity index (χ0v) is 14.0. The Bertz CT molecular complexity index is 1010. The summed E-state index contributed by atoms with van der Waals surface area (Å²) in [7, 11) is 0. The number of para-hydroxylation sites is 1. The van der Waals surface area contributed by atoms with Crippen LogP contribution >= 0.6 is 11.6 Å². The van der Waals surface area contributed by atoms with Gasteiger partial charge in [-0.05, 0) is 19.1 Å². The lowest BCUT2D eigenvalue weighted by atomic mass is 10.0. The molecule has 0 bridgehead atoms. The second-order valence-electron chi connectivity index (χ2n) is 5.76. The van der Waals surface area contributed by atoms with Crippen molar-refractivity contribution in [2.24, 2.45) is 0 Å². The summed E-state index contributed by atoms with van der Waals surface area (Å²) in [5.41, 5.74) is 6.55. The Morgan fingerprint density at radius 3 is 2.08 bits per heavy atom. The standard InChI is InChI=1S/C21H15ClN2/c1-14-10-12-16(13-11-14)20-19(15-6-3-2-4-7-15)23-18-9-5-8-17(22)21(18)24-20/h2-13H,1H3. The minimum Gasteiger partial charge on any atom is -0.244 e. The van der Waals surface area contributed by atoms with Gasteiger partial charge >= 0.3 is 0 Å². The fourth-order valence-electron chi connectivity index (χ4n) is 2.75. The van der Waals surface area contributed by atoms with Crippen LogP contribution in [0.25, 0.3) is 33.5 Å². The highest BCUT2D eigenvalue weighted by Crippen LogP contribution is 2.32. The van der Waals surface area contributed by atoms with E-state index >= 15 is 0 Å². The minimum absolute atomic E-state index is 0.618. The average molecular weight is 331 g/mol. The SMILES string of the molecule is Cc1ccc(-c2nc3c(Cl)cccc3nc2-c2ccccc2)cc1. The van der Waals surface area contributed by atoms with Gasteiger partial charge in [0, 0.05) is 11.1 Å². The zero-order valence-electron chi connectivity index (χ0n) is 13.2. The molecular formula is C21H15ClN2. The van der Waals surface area contributed by atoms with E-state index in [1.165, 1.54) is 5.56 Å². The molecule has 0 radical (unpaired) electrons. The molecule has 0 amide bonds. The fraction of sp³-hybridized carbons (Fsp3) is 0.0476. The number of halogens is 1. The number of aryl methyl sites for hydroxylation is 1.